The number of carbonyl (C=O) groups is 2. The van der Waals surface area contributed by atoms with Crippen LogP contribution in [0.5, 0.6) is 0 Å². The van der Waals surface area contributed by atoms with Gasteiger partial charge in [0, 0.05) is 25.8 Å². The lowest BCUT2D eigenvalue weighted by Gasteiger charge is -2.16. The van der Waals surface area contributed by atoms with E-state index >= 15 is 0 Å². The molecule has 0 fully saturated rings. The molecule has 1 aromatic heterocycles. The third kappa shape index (κ3) is 8.75. The maximum atomic E-state index is 13.7. The molecule has 11 nitrogen and oxygen atoms in total. The average molecular weight is 700 g/mol. The Morgan fingerprint density at radius 1 is 0.932 bits per heavy atom. The maximum Gasteiger partial charge on any atom is 0.251 e. The number of rotatable bonds is 13. The van der Waals surface area contributed by atoms with Crippen LogP contribution < -0.4 is 15.8 Å². The number of carbonyl (C=O) groups excluding carboxylic acids is 2. The van der Waals surface area contributed by atoms with Crippen LogP contribution in [0, 0.1) is 0 Å². The van der Waals surface area contributed by atoms with E-state index in [1.54, 1.807) is 43.5 Å². The first-order valence-electron chi connectivity index (χ1n) is 13.0. The molecule has 0 aliphatic carbocycles. The normalized spacial score (nSPS) is 12.6. The molecule has 4 aromatic rings. The Labute approximate surface area is 268 Å². The quantitative estimate of drug-likeness (QED) is 0.177. The van der Waals surface area contributed by atoms with Crippen LogP contribution in [0.2, 0.25) is 10.0 Å². The molecule has 1 atom stereocenters. The van der Waals surface area contributed by atoms with Crippen molar-refractivity contribution in [3.8, 4) is 11.1 Å². The van der Waals surface area contributed by atoms with Crippen LogP contribution >= 0.6 is 34.5 Å². The van der Waals surface area contributed by atoms with Gasteiger partial charge in [-0.05, 0) is 53.1 Å². The van der Waals surface area contributed by atoms with Crippen LogP contribution in [0.4, 0.5) is 0 Å². The van der Waals surface area contributed by atoms with Gasteiger partial charge >= 0.3 is 0 Å². The molecule has 0 saturated heterocycles. The molecule has 0 aliphatic rings. The van der Waals surface area contributed by atoms with E-state index in [9.17, 15) is 26.4 Å². The van der Waals surface area contributed by atoms with Crippen molar-refractivity contribution >= 4 is 76.4 Å². The molecule has 4 rings (SSSR count). The fourth-order valence-corrected chi connectivity index (χ4v) is 8.06. The topological polar surface area (TPSA) is 175 Å². The number of sulfone groups is 1. The van der Waals surface area contributed by atoms with Crippen molar-refractivity contribution in [1.82, 2.24) is 15.6 Å². The molecule has 3 aromatic carbocycles. The van der Waals surface area contributed by atoms with E-state index in [4.69, 9.17) is 33.1 Å². The number of sulfonamides is 1. The van der Waals surface area contributed by atoms with Gasteiger partial charge in [-0.3, -0.25) is 9.59 Å². The maximum absolute atomic E-state index is 13.7. The summed E-state index contributed by atoms with van der Waals surface area (Å²) in [5.41, 5.74) is 2.84. The molecule has 44 heavy (non-hydrogen) atoms. The molecule has 0 aliphatic heterocycles. The van der Waals surface area contributed by atoms with E-state index in [0.717, 1.165) is 22.5 Å². The predicted molar refractivity (Wildman–Crippen MR) is 172 cm³/mol. The van der Waals surface area contributed by atoms with E-state index in [1.807, 2.05) is 6.07 Å². The summed E-state index contributed by atoms with van der Waals surface area (Å²) in [6.45, 7) is 0.400. The van der Waals surface area contributed by atoms with Gasteiger partial charge in [-0.1, -0.05) is 47.5 Å². The molecular formula is C28H28Cl2N4O7S3. The summed E-state index contributed by atoms with van der Waals surface area (Å²) >= 11 is 13.1. The Balaban J connectivity index is 1.64. The van der Waals surface area contributed by atoms with Crippen molar-refractivity contribution in [1.29, 1.82) is 0 Å². The third-order valence-electron chi connectivity index (χ3n) is 6.34. The highest BCUT2D eigenvalue weighted by Gasteiger charge is 2.37. The number of ether oxygens (including phenoxy) is 1. The van der Waals surface area contributed by atoms with Gasteiger partial charge in [0.1, 0.15) is 5.01 Å². The highest BCUT2D eigenvalue weighted by Crippen LogP contribution is 2.35. The molecule has 0 spiro atoms. The summed E-state index contributed by atoms with van der Waals surface area (Å²) in [4.78, 5) is 30.0. The SMILES string of the molecule is COCCNC(=O)c1ccc(-c2ccc3nc(C(C(=O)NCCS(N)(=O)=O)S(=O)(=O)Cc4ccc(Cl)c(Cl)c4)sc3c2)cc1. The van der Waals surface area contributed by atoms with Gasteiger partial charge in [0.25, 0.3) is 5.91 Å². The van der Waals surface area contributed by atoms with Gasteiger partial charge in [-0.25, -0.2) is 27.0 Å². The summed E-state index contributed by atoms with van der Waals surface area (Å²) in [6.07, 6.45) is 0. The number of amides is 2. The Bertz CT molecular complexity index is 1900. The number of nitrogens with one attached hydrogen (secondary N) is 2. The lowest BCUT2D eigenvalue weighted by atomic mass is 10.0. The van der Waals surface area contributed by atoms with Gasteiger partial charge in [-0.2, -0.15) is 0 Å². The average Bonchev–Trinajstić information content (AvgIpc) is 3.36. The molecule has 0 saturated carbocycles. The number of nitrogens with two attached hydrogens (primary N) is 1. The molecule has 1 unspecified atom stereocenters. The van der Waals surface area contributed by atoms with Crippen LogP contribution in [0.1, 0.15) is 26.2 Å². The lowest BCUT2D eigenvalue weighted by molar-refractivity contribution is -0.120. The van der Waals surface area contributed by atoms with Crippen molar-refractivity contribution in [2.45, 2.75) is 11.0 Å². The van der Waals surface area contributed by atoms with Crippen molar-refractivity contribution in [3.63, 3.8) is 0 Å². The number of halogens is 2. The first-order chi connectivity index (χ1) is 20.8. The van der Waals surface area contributed by atoms with E-state index in [2.05, 4.69) is 15.6 Å². The number of primary sulfonamides is 1. The number of fused-ring (bicyclic) bond motifs is 1. The van der Waals surface area contributed by atoms with Crippen LogP contribution in [-0.2, 0) is 35.1 Å². The first-order valence-corrected chi connectivity index (χ1v) is 18.0. The minimum Gasteiger partial charge on any atom is -0.383 e. The number of methoxy groups -OCH3 is 1. The van der Waals surface area contributed by atoms with E-state index in [0.29, 0.717) is 34.5 Å². The van der Waals surface area contributed by atoms with Crippen molar-refractivity contribution in [3.05, 3.63) is 86.8 Å². The predicted octanol–water partition coefficient (Wildman–Crippen LogP) is 3.71. The van der Waals surface area contributed by atoms with Gasteiger partial charge in [0.05, 0.1) is 38.4 Å². The van der Waals surface area contributed by atoms with Crippen LogP contribution in [-0.4, -0.2) is 66.2 Å². The first kappa shape index (κ1) is 33.8. The Morgan fingerprint density at radius 2 is 1.64 bits per heavy atom. The van der Waals surface area contributed by atoms with Crippen LogP contribution in [0.25, 0.3) is 21.3 Å². The number of hydrogen-bond donors (Lipinski definition) is 3. The van der Waals surface area contributed by atoms with Crippen molar-refractivity contribution in [2.75, 3.05) is 32.6 Å². The van der Waals surface area contributed by atoms with Gasteiger partial charge in [0.2, 0.25) is 15.9 Å². The van der Waals surface area contributed by atoms with Crippen LogP contribution in [0.15, 0.2) is 60.7 Å². The summed E-state index contributed by atoms with van der Waals surface area (Å²) in [6, 6.07) is 16.6. The third-order valence-corrected chi connectivity index (χ3v) is 11.0. The minimum absolute atomic E-state index is 0.00777. The number of aromatic nitrogens is 1. The van der Waals surface area contributed by atoms with E-state index < -0.39 is 42.5 Å². The largest absolute Gasteiger partial charge is 0.383 e. The second-order valence-electron chi connectivity index (χ2n) is 9.65. The number of hydrogen-bond acceptors (Lipinski definition) is 9. The van der Waals surface area contributed by atoms with Gasteiger partial charge in [0.15, 0.2) is 15.1 Å². The Morgan fingerprint density at radius 3 is 2.30 bits per heavy atom. The summed E-state index contributed by atoms with van der Waals surface area (Å²) in [5.74, 6) is -2.29. The molecule has 0 bridgehead atoms. The molecule has 4 N–H and O–H groups in total. The number of benzene rings is 3. The van der Waals surface area contributed by atoms with Gasteiger partial charge < -0.3 is 15.4 Å². The fraction of sp³-hybridized carbons (Fsp3) is 0.250. The molecule has 0 radical (unpaired) electrons. The minimum atomic E-state index is -4.25. The van der Waals surface area contributed by atoms with Crippen molar-refractivity contribution in [2.24, 2.45) is 5.14 Å². The summed E-state index contributed by atoms with van der Waals surface area (Å²) < 4.78 is 55.7. The Hall–Kier alpha value is -3.11. The standard InChI is InChI=1S/C28H28Cl2N4O7S3/c1-41-12-10-32-26(35)19-5-3-18(4-6-19)20-7-9-23-24(15-20)42-28(34-23)25(27(36)33-11-13-44(31,39)40)43(37,38)16-17-2-8-21(29)22(30)14-17/h2-9,14-15,25H,10-13,16H2,1H3,(H,32,35)(H,33,36)(H2,31,39,40). The van der Waals surface area contributed by atoms with E-state index in [1.165, 1.54) is 18.2 Å². The summed E-state index contributed by atoms with van der Waals surface area (Å²) in [5, 5.41) is 8.81. The van der Waals surface area contributed by atoms with Crippen LogP contribution in [0.3, 0.4) is 0 Å². The summed E-state index contributed by atoms with van der Waals surface area (Å²) in [7, 11) is -6.60. The highest BCUT2D eigenvalue weighted by atomic mass is 35.5. The molecule has 16 heteroatoms. The molecule has 1 heterocycles. The zero-order chi connectivity index (χ0) is 32.1. The monoisotopic (exact) mass is 698 g/mol. The number of thiazole rings is 1. The smallest absolute Gasteiger partial charge is 0.251 e. The zero-order valence-corrected chi connectivity index (χ0v) is 27.2. The zero-order valence-electron chi connectivity index (χ0n) is 23.2. The molecule has 2 amide bonds. The highest BCUT2D eigenvalue weighted by molar-refractivity contribution is 7.91. The fourth-order valence-electron chi connectivity index (χ4n) is 4.20. The van der Waals surface area contributed by atoms with Crippen molar-refractivity contribution < 1.29 is 31.2 Å². The lowest BCUT2D eigenvalue weighted by Crippen LogP contribution is -2.37. The Kier molecular flexibility index (Phi) is 11.0. The van der Waals surface area contributed by atoms with E-state index in [-0.39, 0.29) is 27.5 Å². The molecular weight excluding hydrogens is 671 g/mol. The second-order valence-corrected chi connectivity index (χ2v) is 15.4. The van der Waals surface area contributed by atoms with Gasteiger partial charge in [-0.15, -0.1) is 11.3 Å². The molecule has 234 valence electrons. The second kappa shape index (κ2) is 14.3. The number of nitrogens with zero attached hydrogens (tertiary/aromatic N) is 1.